The molecule has 2 aromatic carbocycles. The Balaban J connectivity index is 1.47. The first-order valence-corrected chi connectivity index (χ1v) is 11.8. The average Bonchev–Trinajstić information content (AvgIpc) is 3.21. The Kier molecular flexibility index (Phi) is 6.51. The van der Waals surface area contributed by atoms with Crippen LogP contribution in [-0.2, 0) is 11.2 Å². The van der Waals surface area contributed by atoms with Crippen molar-refractivity contribution >= 4 is 50.9 Å². The maximum absolute atomic E-state index is 13.0. The first kappa shape index (κ1) is 22.2. The molecule has 6 nitrogen and oxygen atoms in total. The van der Waals surface area contributed by atoms with Crippen molar-refractivity contribution in [2.75, 3.05) is 39.4 Å². The van der Waals surface area contributed by atoms with Crippen LogP contribution in [0.15, 0.2) is 48.5 Å². The van der Waals surface area contributed by atoms with Crippen molar-refractivity contribution in [3.8, 4) is 0 Å². The molecule has 3 heterocycles. The molecule has 4 aromatic rings. The van der Waals surface area contributed by atoms with Crippen LogP contribution in [-0.4, -0.2) is 60.2 Å². The number of hydrogen-bond donors (Lipinski definition) is 2. The van der Waals surface area contributed by atoms with E-state index in [4.69, 9.17) is 32.9 Å². The Morgan fingerprint density at radius 1 is 1.09 bits per heavy atom. The lowest BCUT2D eigenvalue weighted by Crippen LogP contribution is -2.41. The molecule has 5 rings (SSSR count). The van der Waals surface area contributed by atoms with Gasteiger partial charge in [0, 0.05) is 58.9 Å². The molecular formula is C25H24Cl2N4O2. The smallest absolute Gasteiger partial charge is 0.269 e. The summed E-state index contributed by atoms with van der Waals surface area (Å²) in [4.78, 5) is 23.5. The van der Waals surface area contributed by atoms with Gasteiger partial charge in [-0.1, -0.05) is 41.4 Å². The number of pyridine rings is 1. The number of aromatic nitrogens is 2. The maximum Gasteiger partial charge on any atom is 0.269 e. The van der Waals surface area contributed by atoms with Crippen molar-refractivity contribution in [3.05, 3.63) is 75.5 Å². The number of halogens is 2. The molecule has 2 aromatic heterocycles. The van der Waals surface area contributed by atoms with Gasteiger partial charge < -0.3 is 15.0 Å². The first-order valence-electron chi connectivity index (χ1n) is 11.0. The number of amides is 1. The van der Waals surface area contributed by atoms with Crippen LogP contribution >= 0.6 is 23.2 Å². The number of H-pyrrole nitrogens is 1. The lowest BCUT2D eigenvalue weighted by Gasteiger charge is -2.26. The van der Waals surface area contributed by atoms with Crippen LogP contribution in [0, 0.1) is 0 Å². The van der Waals surface area contributed by atoms with E-state index in [1.807, 2.05) is 36.4 Å². The molecule has 0 unspecified atom stereocenters. The SMILES string of the molecule is O=C(NCCN1CCOCC1)c1cc2c([nH]c3ccccc32)c(Cc2cc(Cl)ccc2Cl)n1. The molecule has 1 fully saturated rings. The van der Waals surface area contributed by atoms with Gasteiger partial charge in [0.05, 0.1) is 24.4 Å². The second-order valence-electron chi connectivity index (χ2n) is 8.17. The van der Waals surface area contributed by atoms with E-state index in [9.17, 15) is 4.79 Å². The van der Waals surface area contributed by atoms with Crippen LogP contribution in [0.2, 0.25) is 10.0 Å². The highest BCUT2D eigenvalue weighted by Crippen LogP contribution is 2.30. The molecule has 2 N–H and O–H groups in total. The largest absolute Gasteiger partial charge is 0.379 e. The Morgan fingerprint density at radius 3 is 2.76 bits per heavy atom. The number of carbonyl (C=O) groups is 1. The van der Waals surface area contributed by atoms with Gasteiger partial charge >= 0.3 is 0 Å². The number of aromatic amines is 1. The van der Waals surface area contributed by atoms with Crippen molar-refractivity contribution in [1.29, 1.82) is 0 Å². The number of carbonyl (C=O) groups excluding carboxylic acids is 1. The van der Waals surface area contributed by atoms with Crippen molar-refractivity contribution in [1.82, 2.24) is 20.2 Å². The lowest BCUT2D eigenvalue weighted by atomic mass is 10.1. The van der Waals surface area contributed by atoms with E-state index in [1.165, 1.54) is 0 Å². The molecule has 1 aliphatic heterocycles. The van der Waals surface area contributed by atoms with Gasteiger partial charge in [-0.15, -0.1) is 0 Å². The van der Waals surface area contributed by atoms with Crippen LogP contribution in [0.3, 0.4) is 0 Å². The summed E-state index contributed by atoms with van der Waals surface area (Å²) in [7, 11) is 0. The van der Waals surface area contributed by atoms with Gasteiger partial charge in [-0.25, -0.2) is 4.98 Å². The molecule has 0 radical (unpaired) electrons. The predicted octanol–water partition coefficient (Wildman–Crippen LogP) is 4.68. The molecule has 1 aliphatic rings. The average molecular weight is 483 g/mol. The third-order valence-corrected chi connectivity index (χ3v) is 6.59. The summed E-state index contributed by atoms with van der Waals surface area (Å²) in [5, 5.41) is 6.26. The zero-order chi connectivity index (χ0) is 22.8. The number of rotatable bonds is 6. The number of nitrogens with one attached hydrogen (secondary N) is 2. The van der Waals surface area contributed by atoms with Crippen LogP contribution in [0.4, 0.5) is 0 Å². The Bertz CT molecular complexity index is 1310. The monoisotopic (exact) mass is 482 g/mol. The molecule has 8 heteroatoms. The quantitative estimate of drug-likeness (QED) is 0.418. The maximum atomic E-state index is 13.0. The van der Waals surface area contributed by atoms with Crippen LogP contribution in [0.1, 0.15) is 21.7 Å². The first-order chi connectivity index (χ1) is 16.1. The molecule has 1 saturated heterocycles. The number of ether oxygens (including phenoxy) is 1. The van der Waals surface area contributed by atoms with Gasteiger partial charge in [0.25, 0.3) is 5.91 Å². The predicted molar refractivity (Wildman–Crippen MR) is 132 cm³/mol. The lowest BCUT2D eigenvalue weighted by molar-refractivity contribution is 0.0383. The number of morpholine rings is 1. The Labute approximate surface area is 201 Å². The van der Waals surface area contributed by atoms with E-state index in [0.717, 1.165) is 65.9 Å². The van der Waals surface area contributed by atoms with E-state index < -0.39 is 0 Å². The van der Waals surface area contributed by atoms with Crippen LogP contribution in [0.5, 0.6) is 0 Å². The molecule has 33 heavy (non-hydrogen) atoms. The van der Waals surface area contributed by atoms with Crippen LogP contribution in [0.25, 0.3) is 21.8 Å². The van der Waals surface area contributed by atoms with Crippen molar-refractivity contribution < 1.29 is 9.53 Å². The van der Waals surface area contributed by atoms with Crippen molar-refractivity contribution in [3.63, 3.8) is 0 Å². The number of nitrogens with zero attached hydrogens (tertiary/aromatic N) is 2. The fourth-order valence-electron chi connectivity index (χ4n) is 4.26. The standard InChI is InChI=1S/C25H24Cl2N4O2/c26-17-5-6-20(27)16(13-17)14-22-24-19(18-3-1-2-4-21(18)30-24)15-23(29-22)25(32)28-7-8-31-9-11-33-12-10-31/h1-6,13,15,30H,7-12,14H2,(H,28,32). The van der Waals surface area contributed by atoms with E-state index in [1.54, 1.807) is 12.1 Å². The second kappa shape index (κ2) is 9.69. The molecule has 0 aliphatic carbocycles. The Morgan fingerprint density at radius 2 is 1.91 bits per heavy atom. The number of benzene rings is 2. The van der Waals surface area contributed by atoms with Gasteiger partial charge in [0.1, 0.15) is 5.69 Å². The topological polar surface area (TPSA) is 70.2 Å². The van der Waals surface area contributed by atoms with Crippen molar-refractivity contribution in [2.45, 2.75) is 6.42 Å². The van der Waals surface area contributed by atoms with Crippen molar-refractivity contribution in [2.24, 2.45) is 0 Å². The molecule has 0 saturated carbocycles. The van der Waals surface area contributed by atoms with E-state index >= 15 is 0 Å². The van der Waals surface area contributed by atoms with E-state index in [-0.39, 0.29) is 5.91 Å². The number of hydrogen-bond acceptors (Lipinski definition) is 4. The van der Waals surface area contributed by atoms with Gasteiger partial charge in [-0.3, -0.25) is 9.69 Å². The second-order valence-corrected chi connectivity index (χ2v) is 9.01. The minimum atomic E-state index is -0.186. The minimum Gasteiger partial charge on any atom is -0.379 e. The van der Waals surface area contributed by atoms with E-state index in [2.05, 4.69) is 15.2 Å². The normalized spacial score (nSPS) is 14.7. The van der Waals surface area contributed by atoms with Gasteiger partial charge in [0.15, 0.2) is 0 Å². The summed E-state index contributed by atoms with van der Waals surface area (Å²) in [5.41, 5.74) is 3.91. The zero-order valence-electron chi connectivity index (χ0n) is 18.0. The number of fused-ring (bicyclic) bond motifs is 3. The van der Waals surface area contributed by atoms with Gasteiger partial charge in [-0.05, 0) is 35.9 Å². The molecular weight excluding hydrogens is 459 g/mol. The summed E-state index contributed by atoms with van der Waals surface area (Å²) in [6.45, 7) is 4.60. The molecule has 1 amide bonds. The fraction of sp³-hybridized carbons (Fsp3) is 0.280. The summed E-state index contributed by atoms with van der Waals surface area (Å²) in [5.74, 6) is -0.186. The molecule has 0 atom stereocenters. The molecule has 170 valence electrons. The number of para-hydroxylation sites is 1. The molecule has 0 bridgehead atoms. The summed E-state index contributed by atoms with van der Waals surface area (Å²) in [6, 6.07) is 15.3. The van der Waals surface area contributed by atoms with Gasteiger partial charge in [-0.2, -0.15) is 0 Å². The Hall–Kier alpha value is -2.64. The highest BCUT2D eigenvalue weighted by atomic mass is 35.5. The third kappa shape index (κ3) is 4.84. The van der Waals surface area contributed by atoms with Gasteiger partial charge in [0.2, 0.25) is 0 Å². The highest BCUT2D eigenvalue weighted by molar-refractivity contribution is 6.33. The third-order valence-electron chi connectivity index (χ3n) is 5.99. The summed E-state index contributed by atoms with van der Waals surface area (Å²) in [6.07, 6.45) is 0.456. The van der Waals surface area contributed by atoms with E-state index in [0.29, 0.717) is 28.7 Å². The minimum absolute atomic E-state index is 0.186. The van der Waals surface area contributed by atoms with Crippen LogP contribution < -0.4 is 5.32 Å². The summed E-state index contributed by atoms with van der Waals surface area (Å²) >= 11 is 12.6. The summed E-state index contributed by atoms with van der Waals surface area (Å²) < 4.78 is 5.38. The zero-order valence-corrected chi connectivity index (χ0v) is 19.5. The highest BCUT2D eigenvalue weighted by Gasteiger charge is 2.18. The fourth-order valence-corrected chi connectivity index (χ4v) is 4.64. The molecule has 0 spiro atoms.